The highest BCUT2D eigenvalue weighted by Gasteiger charge is 2.17. The van der Waals surface area contributed by atoms with Gasteiger partial charge in [-0.1, -0.05) is 19.1 Å². The van der Waals surface area contributed by atoms with Crippen LogP contribution in [0, 0.1) is 5.82 Å². The number of benzene rings is 1. The molecule has 5 nitrogen and oxygen atoms in total. The van der Waals surface area contributed by atoms with Crippen molar-refractivity contribution in [1.29, 1.82) is 0 Å². The molecule has 1 aromatic carbocycles. The molecule has 0 spiro atoms. The number of nitrogens with zero attached hydrogens (tertiary/aromatic N) is 3. The molecule has 0 aliphatic heterocycles. The Morgan fingerprint density at radius 1 is 1.47 bits per heavy atom. The second-order valence-corrected chi connectivity index (χ2v) is 4.12. The van der Waals surface area contributed by atoms with Crippen LogP contribution in [0.25, 0.3) is 5.69 Å². The van der Waals surface area contributed by atoms with Crippen LogP contribution < -0.4 is 5.32 Å². The first-order valence-corrected chi connectivity index (χ1v) is 6.07. The number of amides is 1. The topological polar surface area (TPSA) is 59.8 Å². The van der Waals surface area contributed by atoms with E-state index in [0.29, 0.717) is 17.9 Å². The summed E-state index contributed by atoms with van der Waals surface area (Å²) >= 11 is 0. The van der Waals surface area contributed by atoms with Crippen LogP contribution >= 0.6 is 0 Å². The molecular formula is C13H15FN4O. The van der Waals surface area contributed by atoms with E-state index in [0.717, 1.165) is 0 Å². The van der Waals surface area contributed by atoms with Crippen molar-refractivity contribution in [2.75, 3.05) is 0 Å². The number of carbonyl (C=O) groups excluding carboxylic acids is 1. The normalized spacial score (nSPS) is 12.2. The van der Waals surface area contributed by atoms with Crippen molar-refractivity contribution in [2.24, 2.45) is 0 Å². The van der Waals surface area contributed by atoms with E-state index >= 15 is 0 Å². The van der Waals surface area contributed by atoms with Gasteiger partial charge in [-0.2, -0.15) is 5.10 Å². The first-order chi connectivity index (χ1) is 9.13. The average molecular weight is 262 g/mol. The largest absolute Gasteiger partial charge is 0.346 e. The van der Waals surface area contributed by atoms with Crippen LogP contribution in [0.4, 0.5) is 4.39 Å². The Morgan fingerprint density at radius 3 is 2.89 bits per heavy atom. The van der Waals surface area contributed by atoms with Gasteiger partial charge in [0.1, 0.15) is 17.8 Å². The van der Waals surface area contributed by atoms with Crippen LogP contribution in [0.5, 0.6) is 0 Å². The van der Waals surface area contributed by atoms with Crippen molar-refractivity contribution in [3.63, 3.8) is 0 Å². The summed E-state index contributed by atoms with van der Waals surface area (Å²) in [6.07, 6.45) is 1.73. The first-order valence-electron chi connectivity index (χ1n) is 6.07. The minimum atomic E-state index is -0.386. The summed E-state index contributed by atoms with van der Waals surface area (Å²) in [7, 11) is 0. The number of carbonyl (C=O) groups is 1. The molecule has 0 bridgehead atoms. The first kappa shape index (κ1) is 13.2. The molecule has 1 N–H and O–H groups in total. The van der Waals surface area contributed by atoms with Gasteiger partial charge >= 0.3 is 0 Å². The third kappa shape index (κ3) is 2.78. The van der Waals surface area contributed by atoms with Gasteiger partial charge in [0.2, 0.25) is 5.91 Å². The lowest BCUT2D eigenvalue weighted by Crippen LogP contribution is -2.28. The van der Waals surface area contributed by atoms with Crippen molar-refractivity contribution in [2.45, 2.75) is 26.3 Å². The van der Waals surface area contributed by atoms with Crippen molar-refractivity contribution in [3.05, 3.63) is 42.2 Å². The average Bonchev–Trinajstić information content (AvgIpc) is 2.88. The molecule has 1 heterocycles. The Hall–Kier alpha value is -2.24. The van der Waals surface area contributed by atoms with Crippen LogP contribution in [0.2, 0.25) is 0 Å². The second-order valence-electron chi connectivity index (χ2n) is 4.12. The van der Waals surface area contributed by atoms with Crippen molar-refractivity contribution in [1.82, 2.24) is 20.1 Å². The molecule has 2 rings (SSSR count). The maximum Gasteiger partial charge on any atom is 0.220 e. The summed E-state index contributed by atoms with van der Waals surface area (Å²) in [6.45, 7) is 3.55. The smallest absolute Gasteiger partial charge is 0.220 e. The minimum absolute atomic E-state index is 0.0874. The van der Waals surface area contributed by atoms with Crippen molar-refractivity contribution in [3.8, 4) is 5.69 Å². The number of rotatable bonds is 4. The molecule has 0 aliphatic rings. The van der Waals surface area contributed by atoms with Crippen LogP contribution in [-0.4, -0.2) is 20.7 Å². The monoisotopic (exact) mass is 262 g/mol. The van der Waals surface area contributed by atoms with Gasteiger partial charge in [0.25, 0.3) is 0 Å². The molecule has 0 saturated heterocycles. The molecular weight excluding hydrogens is 247 g/mol. The molecule has 6 heteroatoms. The second kappa shape index (κ2) is 5.60. The summed E-state index contributed by atoms with van der Waals surface area (Å²) in [5.41, 5.74) is 0.313. The van der Waals surface area contributed by atoms with E-state index in [1.165, 1.54) is 17.1 Å². The zero-order valence-corrected chi connectivity index (χ0v) is 10.8. The maximum absolute atomic E-state index is 13.7. The van der Waals surface area contributed by atoms with Crippen LogP contribution in [0.3, 0.4) is 0 Å². The van der Waals surface area contributed by atoms with E-state index < -0.39 is 0 Å². The third-order valence-electron chi connectivity index (χ3n) is 2.74. The summed E-state index contributed by atoms with van der Waals surface area (Å²) in [4.78, 5) is 15.5. The summed E-state index contributed by atoms with van der Waals surface area (Å²) in [5.74, 6) is 0.0192. The predicted molar refractivity (Wildman–Crippen MR) is 68.2 cm³/mol. The molecule has 0 fully saturated rings. The Kier molecular flexibility index (Phi) is 3.89. The van der Waals surface area contributed by atoms with Gasteiger partial charge in [0, 0.05) is 6.42 Å². The Morgan fingerprint density at radius 2 is 2.21 bits per heavy atom. The number of hydrogen-bond acceptors (Lipinski definition) is 3. The van der Waals surface area contributed by atoms with Gasteiger partial charge < -0.3 is 5.32 Å². The highest BCUT2D eigenvalue weighted by atomic mass is 19.1. The summed E-state index contributed by atoms with van der Waals surface area (Å²) < 4.78 is 15.1. The van der Waals surface area contributed by atoms with E-state index in [1.54, 1.807) is 32.0 Å². The Bertz CT molecular complexity index is 582. The molecule has 0 saturated carbocycles. The zero-order valence-electron chi connectivity index (χ0n) is 10.8. The molecule has 1 amide bonds. The van der Waals surface area contributed by atoms with Crippen LogP contribution in [-0.2, 0) is 4.79 Å². The molecule has 1 atom stereocenters. The van der Waals surface area contributed by atoms with Crippen LogP contribution in [0.1, 0.15) is 32.1 Å². The number of hydrogen-bond donors (Lipinski definition) is 1. The van der Waals surface area contributed by atoms with E-state index in [-0.39, 0.29) is 17.8 Å². The van der Waals surface area contributed by atoms with E-state index in [2.05, 4.69) is 15.4 Å². The minimum Gasteiger partial charge on any atom is -0.346 e. The van der Waals surface area contributed by atoms with E-state index in [9.17, 15) is 9.18 Å². The number of para-hydroxylation sites is 1. The molecule has 0 aliphatic carbocycles. The number of halogens is 1. The highest BCUT2D eigenvalue weighted by molar-refractivity contribution is 5.75. The zero-order chi connectivity index (χ0) is 13.8. The van der Waals surface area contributed by atoms with Gasteiger partial charge in [-0.15, -0.1) is 0 Å². The van der Waals surface area contributed by atoms with Gasteiger partial charge in [-0.05, 0) is 19.1 Å². The fourth-order valence-corrected chi connectivity index (χ4v) is 1.76. The van der Waals surface area contributed by atoms with Crippen LogP contribution in [0.15, 0.2) is 30.6 Å². The van der Waals surface area contributed by atoms with Gasteiger partial charge in [-0.3, -0.25) is 4.79 Å². The SMILES string of the molecule is CCC(=O)N[C@H](C)c1ncnn1-c1ccccc1F. The molecule has 100 valence electrons. The van der Waals surface area contributed by atoms with E-state index in [4.69, 9.17) is 0 Å². The molecule has 19 heavy (non-hydrogen) atoms. The highest BCUT2D eigenvalue weighted by Crippen LogP contribution is 2.17. The lowest BCUT2D eigenvalue weighted by atomic mass is 10.2. The fourth-order valence-electron chi connectivity index (χ4n) is 1.76. The molecule has 1 aromatic heterocycles. The number of nitrogens with one attached hydrogen (secondary N) is 1. The molecule has 2 aromatic rings. The van der Waals surface area contributed by atoms with Gasteiger partial charge in [0.15, 0.2) is 5.82 Å². The number of aromatic nitrogens is 3. The predicted octanol–water partition coefficient (Wildman–Crippen LogP) is 1.99. The lowest BCUT2D eigenvalue weighted by Gasteiger charge is -2.14. The molecule has 0 radical (unpaired) electrons. The standard InChI is InChI=1S/C13H15FN4O/c1-3-12(19)17-9(2)13-15-8-16-18(13)11-7-5-4-6-10(11)14/h4-9H,3H2,1-2H3,(H,17,19)/t9-/m1/s1. The fraction of sp³-hybridized carbons (Fsp3) is 0.308. The third-order valence-corrected chi connectivity index (χ3v) is 2.74. The quantitative estimate of drug-likeness (QED) is 0.916. The van der Waals surface area contributed by atoms with Gasteiger partial charge in [-0.25, -0.2) is 14.1 Å². The molecule has 0 unspecified atom stereocenters. The summed E-state index contributed by atoms with van der Waals surface area (Å²) in [5, 5.41) is 6.79. The van der Waals surface area contributed by atoms with Crippen molar-refractivity contribution >= 4 is 5.91 Å². The maximum atomic E-state index is 13.7. The van der Waals surface area contributed by atoms with Gasteiger partial charge in [0.05, 0.1) is 6.04 Å². The Balaban J connectivity index is 2.33. The van der Waals surface area contributed by atoms with Crippen molar-refractivity contribution < 1.29 is 9.18 Å². The van der Waals surface area contributed by atoms with E-state index in [1.807, 2.05) is 0 Å². The lowest BCUT2D eigenvalue weighted by molar-refractivity contribution is -0.121. The Labute approximate surface area is 110 Å². The summed E-state index contributed by atoms with van der Waals surface area (Å²) in [6, 6.07) is 5.96.